The smallest absolute Gasteiger partial charge is 0.308 e. The fourth-order valence-corrected chi connectivity index (χ4v) is 5.89. The summed E-state index contributed by atoms with van der Waals surface area (Å²) in [5.41, 5.74) is 0. The largest absolute Gasteiger partial charge is 0.465 e. The molecule has 0 aliphatic rings. The van der Waals surface area contributed by atoms with Gasteiger partial charge in [0, 0.05) is 0 Å². The van der Waals surface area contributed by atoms with E-state index in [0.29, 0.717) is 13.2 Å². The maximum atomic E-state index is 12.6. The molecule has 0 radical (unpaired) electrons. The molecule has 2 unspecified atom stereocenters. The lowest BCUT2D eigenvalue weighted by atomic mass is 9.95. The highest BCUT2D eigenvalue weighted by atomic mass is 16.5. The Morgan fingerprint density at radius 3 is 1.16 bits per heavy atom. The summed E-state index contributed by atoms with van der Waals surface area (Å²) in [4.78, 5) is 27.8. The Bertz CT molecular complexity index is 561. The van der Waals surface area contributed by atoms with Gasteiger partial charge < -0.3 is 14.4 Å². The molecule has 0 heterocycles. The summed E-state index contributed by atoms with van der Waals surface area (Å²) < 4.78 is 11.4. The van der Waals surface area contributed by atoms with Crippen LogP contribution < -0.4 is 0 Å². The van der Waals surface area contributed by atoms with Gasteiger partial charge in [-0.3, -0.25) is 9.59 Å². The molecule has 2 atom stereocenters. The van der Waals surface area contributed by atoms with E-state index in [-0.39, 0.29) is 23.8 Å². The van der Waals surface area contributed by atoms with Gasteiger partial charge in [-0.1, -0.05) is 137 Å². The van der Waals surface area contributed by atoms with E-state index in [9.17, 15) is 9.59 Å². The van der Waals surface area contributed by atoms with Crippen LogP contribution in [0.15, 0.2) is 0 Å². The Morgan fingerprint density at radius 2 is 0.791 bits per heavy atom. The molecular formula is C38H75NO4. The minimum Gasteiger partial charge on any atom is -0.465 e. The molecule has 0 aromatic rings. The number of esters is 2. The molecule has 0 saturated carbocycles. The fourth-order valence-electron chi connectivity index (χ4n) is 5.89. The summed E-state index contributed by atoms with van der Waals surface area (Å²) in [6.07, 6.45) is 27.3. The molecule has 0 saturated heterocycles. The number of rotatable bonds is 33. The van der Waals surface area contributed by atoms with Crippen LogP contribution in [0.5, 0.6) is 0 Å². The minimum absolute atomic E-state index is 0.0502. The summed E-state index contributed by atoms with van der Waals surface area (Å²) in [5.74, 6) is 0.319. The molecule has 5 heteroatoms. The third kappa shape index (κ3) is 25.9. The Balaban J connectivity index is 3.93. The molecule has 0 fully saturated rings. The van der Waals surface area contributed by atoms with E-state index in [4.69, 9.17) is 9.47 Å². The zero-order valence-electron chi connectivity index (χ0n) is 29.7. The molecule has 0 aromatic heterocycles. The van der Waals surface area contributed by atoms with Gasteiger partial charge in [0.05, 0.1) is 25.0 Å². The van der Waals surface area contributed by atoms with Crippen LogP contribution in [-0.2, 0) is 19.1 Å². The van der Waals surface area contributed by atoms with Crippen molar-refractivity contribution in [1.82, 2.24) is 4.90 Å². The zero-order chi connectivity index (χ0) is 31.8. The first-order valence-corrected chi connectivity index (χ1v) is 19.1. The van der Waals surface area contributed by atoms with E-state index in [1.807, 2.05) is 0 Å². The van der Waals surface area contributed by atoms with E-state index in [2.05, 4.69) is 39.5 Å². The quantitative estimate of drug-likeness (QED) is 0.0547. The van der Waals surface area contributed by atoms with Crippen molar-refractivity contribution in [3.63, 3.8) is 0 Å². The Morgan fingerprint density at radius 1 is 0.442 bits per heavy atom. The van der Waals surface area contributed by atoms with E-state index in [1.54, 1.807) is 0 Å². The van der Waals surface area contributed by atoms with Gasteiger partial charge in [0.15, 0.2) is 0 Å². The van der Waals surface area contributed by atoms with E-state index in [1.165, 1.54) is 64.2 Å². The molecule has 0 rings (SSSR count). The van der Waals surface area contributed by atoms with Gasteiger partial charge in [-0.2, -0.15) is 0 Å². The predicted molar refractivity (Wildman–Crippen MR) is 185 cm³/mol. The molecule has 0 bridgehead atoms. The lowest BCUT2D eigenvalue weighted by Gasteiger charge is -2.20. The molecule has 5 nitrogen and oxygen atoms in total. The monoisotopic (exact) mass is 610 g/mol. The van der Waals surface area contributed by atoms with Crippen LogP contribution in [0.4, 0.5) is 0 Å². The zero-order valence-corrected chi connectivity index (χ0v) is 29.7. The van der Waals surface area contributed by atoms with Crippen LogP contribution in [0.2, 0.25) is 0 Å². The lowest BCUT2D eigenvalue weighted by molar-refractivity contribution is -0.150. The van der Waals surface area contributed by atoms with Crippen LogP contribution in [-0.4, -0.2) is 49.7 Å². The second-order valence-electron chi connectivity index (χ2n) is 13.0. The van der Waals surface area contributed by atoms with Gasteiger partial charge in [-0.15, -0.1) is 0 Å². The van der Waals surface area contributed by atoms with Crippen molar-refractivity contribution in [1.29, 1.82) is 0 Å². The van der Waals surface area contributed by atoms with Gasteiger partial charge in [-0.05, 0) is 71.0 Å². The number of hydrogen-bond donors (Lipinski definition) is 0. The topological polar surface area (TPSA) is 55.8 Å². The summed E-state index contributed by atoms with van der Waals surface area (Å²) in [6.45, 7) is 15.7. The van der Waals surface area contributed by atoms with E-state index < -0.39 is 0 Å². The number of hydrogen-bond acceptors (Lipinski definition) is 5. The lowest BCUT2D eigenvalue weighted by Crippen LogP contribution is -2.25. The molecule has 256 valence electrons. The fraction of sp³-hybridized carbons (Fsp3) is 0.947. The average molecular weight is 610 g/mol. The van der Waals surface area contributed by atoms with Crippen LogP contribution in [0.1, 0.15) is 189 Å². The van der Waals surface area contributed by atoms with Crippen LogP contribution in [0, 0.1) is 11.8 Å². The third-order valence-corrected chi connectivity index (χ3v) is 8.96. The average Bonchev–Trinajstić information content (AvgIpc) is 3.01. The SMILES string of the molecule is CCCCCCC(CCCC)C(=O)OCCCCCCN(CC)CCCCCCOC(=O)C(CCCC)CCCCCC. The minimum atomic E-state index is 0.0502. The molecule has 0 aromatic carbocycles. The molecule has 0 amide bonds. The first kappa shape index (κ1) is 41.9. The second kappa shape index (κ2) is 32.3. The van der Waals surface area contributed by atoms with Crippen molar-refractivity contribution < 1.29 is 19.1 Å². The molecular weight excluding hydrogens is 534 g/mol. The summed E-state index contributed by atoms with van der Waals surface area (Å²) in [6, 6.07) is 0. The second-order valence-corrected chi connectivity index (χ2v) is 13.0. The van der Waals surface area contributed by atoms with Crippen molar-refractivity contribution >= 4 is 11.9 Å². The van der Waals surface area contributed by atoms with Crippen molar-refractivity contribution in [3.8, 4) is 0 Å². The maximum Gasteiger partial charge on any atom is 0.308 e. The van der Waals surface area contributed by atoms with Crippen LogP contribution in [0.3, 0.4) is 0 Å². The van der Waals surface area contributed by atoms with Gasteiger partial charge in [0.1, 0.15) is 0 Å². The normalized spacial score (nSPS) is 12.9. The van der Waals surface area contributed by atoms with Crippen molar-refractivity contribution in [2.45, 2.75) is 189 Å². The summed E-state index contributed by atoms with van der Waals surface area (Å²) in [7, 11) is 0. The molecule has 0 spiro atoms. The first-order chi connectivity index (χ1) is 21.0. The highest BCUT2D eigenvalue weighted by Crippen LogP contribution is 2.20. The maximum absolute atomic E-state index is 12.6. The summed E-state index contributed by atoms with van der Waals surface area (Å²) >= 11 is 0. The van der Waals surface area contributed by atoms with Crippen molar-refractivity contribution in [2.24, 2.45) is 11.8 Å². The first-order valence-electron chi connectivity index (χ1n) is 19.1. The van der Waals surface area contributed by atoms with E-state index in [0.717, 1.165) is 110 Å². The number of nitrogens with zero attached hydrogens (tertiary/aromatic N) is 1. The van der Waals surface area contributed by atoms with Gasteiger partial charge in [-0.25, -0.2) is 0 Å². The van der Waals surface area contributed by atoms with Crippen molar-refractivity contribution in [3.05, 3.63) is 0 Å². The van der Waals surface area contributed by atoms with Crippen LogP contribution >= 0.6 is 0 Å². The van der Waals surface area contributed by atoms with Crippen molar-refractivity contribution in [2.75, 3.05) is 32.8 Å². The molecule has 0 aliphatic carbocycles. The Labute approximate surface area is 269 Å². The molecule has 0 aliphatic heterocycles. The molecule has 0 N–H and O–H groups in total. The van der Waals surface area contributed by atoms with Gasteiger partial charge in [0.25, 0.3) is 0 Å². The number of carbonyl (C=O) groups is 2. The Hall–Kier alpha value is -1.10. The molecule has 43 heavy (non-hydrogen) atoms. The van der Waals surface area contributed by atoms with Gasteiger partial charge in [0.2, 0.25) is 0 Å². The van der Waals surface area contributed by atoms with Crippen LogP contribution in [0.25, 0.3) is 0 Å². The number of ether oxygens (including phenoxy) is 2. The number of unbranched alkanes of at least 4 members (excludes halogenated alkanes) is 14. The highest BCUT2D eigenvalue weighted by molar-refractivity contribution is 5.72. The standard InChI is InChI=1S/C38H75NO4/c1-6-11-15-21-29-35(27-13-8-3)37(40)42-33-25-19-17-23-31-39(10-5)32-24-18-20-26-34-43-38(41)36(28-14-9-4)30-22-16-12-7-2/h35-36H,6-34H2,1-5H3. The Kier molecular flexibility index (Phi) is 31.5. The van der Waals surface area contributed by atoms with Gasteiger partial charge >= 0.3 is 11.9 Å². The highest BCUT2D eigenvalue weighted by Gasteiger charge is 2.20. The third-order valence-electron chi connectivity index (χ3n) is 8.96. The predicted octanol–water partition coefficient (Wildman–Crippen LogP) is 11.1. The van der Waals surface area contributed by atoms with E-state index >= 15 is 0 Å². The number of carbonyl (C=O) groups excluding carboxylic acids is 2. The summed E-state index contributed by atoms with van der Waals surface area (Å²) in [5, 5.41) is 0.